The van der Waals surface area contributed by atoms with Crippen molar-refractivity contribution in [3.05, 3.63) is 39.2 Å². The third-order valence-electron chi connectivity index (χ3n) is 1.73. The van der Waals surface area contributed by atoms with Gasteiger partial charge in [0.25, 0.3) is 0 Å². The predicted molar refractivity (Wildman–Crippen MR) is 46.3 cm³/mol. The van der Waals surface area contributed by atoms with Crippen LogP contribution in [0.2, 0.25) is 0 Å². The van der Waals surface area contributed by atoms with Crippen molar-refractivity contribution in [2.45, 2.75) is 6.54 Å². The van der Waals surface area contributed by atoms with Gasteiger partial charge in [-0.25, -0.2) is 4.79 Å². The molecule has 0 bridgehead atoms. The summed E-state index contributed by atoms with van der Waals surface area (Å²) in [4.78, 5) is 23.2. The second-order valence-corrected chi connectivity index (χ2v) is 2.63. The van der Waals surface area contributed by atoms with E-state index in [0.717, 1.165) is 5.56 Å². The standard InChI is InChI=1S/C8H6N2O3/c11-8-10-6-2-1-5(4-9-12)3-7(6)13-8/h1-3H,4H2,(H,10,11). The quantitative estimate of drug-likeness (QED) is 0.706. The minimum atomic E-state index is -0.494. The molecular formula is C8H6N2O3. The molecule has 0 saturated heterocycles. The van der Waals surface area contributed by atoms with Gasteiger partial charge in [0.1, 0.15) is 6.54 Å². The van der Waals surface area contributed by atoms with Gasteiger partial charge in [0.2, 0.25) is 0 Å². The second kappa shape index (κ2) is 2.85. The van der Waals surface area contributed by atoms with Gasteiger partial charge in [0.05, 0.1) is 5.52 Å². The van der Waals surface area contributed by atoms with E-state index in [1.54, 1.807) is 18.2 Å². The van der Waals surface area contributed by atoms with Gasteiger partial charge in [0.15, 0.2) is 5.58 Å². The molecule has 2 aromatic rings. The molecule has 0 aliphatic rings. The summed E-state index contributed by atoms with van der Waals surface area (Å²) in [6.07, 6.45) is 0. The number of nitroso groups, excluding NO2 is 1. The molecule has 5 nitrogen and oxygen atoms in total. The number of nitrogens with zero attached hydrogens (tertiary/aromatic N) is 1. The molecule has 0 radical (unpaired) electrons. The number of rotatable bonds is 2. The Bertz CT molecular complexity index is 497. The van der Waals surface area contributed by atoms with Crippen LogP contribution in [0.3, 0.4) is 0 Å². The van der Waals surface area contributed by atoms with Crippen LogP contribution in [0.25, 0.3) is 11.1 Å². The zero-order chi connectivity index (χ0) is 9.26. The Morgan fingerprint density at radius 1 is 1.46 bits per heavy atom. The Morgan fingerprint density at radius 2 is 2.31 bits per heavy atom. The Morgan fingerprint density at radius 3 is 3.08 bits per heavy atom. The van der Waals surface area contributed by atoms with Crippen molar-refractivity contribution in [3.63, 3.8) is 0 Å². The van der Waals surface area contributed by atoms with Gasteiger partial charge < -0.3 is 4.42 Å². The van der Waals surface area contributed by atoms with Gasteiger partial charge >= 0.3 is 5.76 Å². The third kappa shape index (κ3) is 1.35. The molecule has 0 amide bonds. The lowest BCUT2D eigenvalue weighted by Crippen LogP contribution is -1.92. The van der Waals surface area contributed by atoms with Crippen molar-refractivity contribution in [1.82, 2.24) is 4.98 Å². The molecule has 13 heavy (non-hydrogen) atoms. The van der Waals surface area contributed by atoms with Crippen molar-refractivity contribution in [2.24, 2.45) is 5.18 Å². The van der Waals surface area contributed by atoms with Crippen molar-refractivity contribution in [2.75, 3.05) is 0 Å². The highest BCUT2D eigenvalue weighted by molar-refractivity contribution is 5.72. The minimum absolute atomic E-state index is 0.0881. The number of benzene rings is 1. The van der Waals surface area contributed by atoms with E-state index in [4.69, 9.17) is 4.42 Å². The monoisotopic (exact) mass is 178 g/mol. The van der Waals surface area contributed by atoms with E-state index in [9.17, 15) is 9.70 Å². The van der Waals surface area contributed by atoms with Crippen LogP contribution in [-0.4, -0.2) is 4.98 Å². The molecule has 0 fully saturated rings. The van der Waals surface area contributed by atoms with Crippen LogP contribution in [-0.2, 0) is 6.54 Å². The van der Waals surface area contributed by atoms with E-state index in [2.05, 4.69) is 10.2 Å². The van der Waals surface area contributed by atoms with E-state index < -0.39 is 5.76 Å². The molecular weight excluding hydrogens is 172 g/mol. The summed E-state index contributed by atoms with van der Waals surface area (Å²) < 4.78 is 4.80. The average molecular weight is 178 g/mol. The van der Waals surface area contributed by atoms with Crippen LogP contribution < -0.4 is 5.76 Å². The molecule has 0 spiro atoms. The summed E-state index contributed by atoms with van der Waals surface area (Å²) in [7, 11) is 0. The molecule has 0 aliphatic heterocycles. The second-order valence-electron chi connectivity index (χ2n) is 2.63. The number of fused-ring (bicyclic) bond motifs is 1. The normalized spacial score (nSPS) is 10.5. The fourth-order valence-electron chi connectivity index (χ4n) is 1.16. The van der Waals surface area contributed by atoms with E-state index in [-0.39, 0.29) is 6.54 Å². The van der Waals surface area contributed by atoms with Crippen LogP contribution in [0.5, 0.6) is 0 Å². The molecule has 1 heterocycles. The molecule has 2 rings (SSSR count). The lowest BCUT2D eigenvalue weighted by Gasteiger charge is -1.91. The lowest BCUT2D eigenvalue weighted by molar-refractivity contribution is 0.555. The highest BCUT2D eigenvalue weighted by Crippen LogP contribution is 2.12. The molecule has 1 aromatic heterocycles. The van der Waals surface area contributed by atoms with Crippen LogP contribution >= 0.6 is 0 Å². The van der Waals surface area contributed by atoms with Crippen LogP contribution in [0.15, 0.2) is 32.6 Å². The van der Waals surface area contributed by atoms with Crippen molar-refractivity contribution in [3.8, 4) is 0 Å². The lowest BCUT2D eigenvalue weighted by atomic mass is 10.2. The van der Waals surface area contributed by atoms with E-state index in [1.807, 2.05) is 0 Å². The summed E-state index contributed by atoms with van der Waals surface area (Å²) in [6, 6.07) is 5.02. The molecule has 0 unspecified atom stereocenters. The molecule has 0 atom stereocenters. The molecule has 5 heteroatoms. The van der Waals surface area contributed by atoms with E-state index >= 15 is 0 Å². The fraction of sp³-hybridized carbons (Fsp3) is 0.125. The maximum absolute atomic E-state index is 10.8. The minimum Gasteiger partial charge on any atom is -0.408 e. The van der Waals surface area contributed by atoms with Gasteiger partial charge in [-0.1, -0.05) is 11.2 Å². The van der Waals surface area contributed by atoms with Crippen molar-refractivity contribution < 1.29 is 4.42 Å². The topological polar surface area (TPSA) is 75.4 Å². The average Bonchev–Trinajstić information content (AvgIpc) is 2.44. The van der Waals surface area contributed by atoms with Gasteiger partial charge in [-0.3, -0.25) is 4.98 Å². The van der Waals surface area contributed by atoms with E-state index in [1.165, 1.54) is 0 Å². The van der Waals surface area contributed by atoms with Gasteiger partial charge in [-0.15, -0.1) is 0 Å². The maximum Gasteiger partial charge on any atom is 0.417 e. The molecule has 1 aromatic carbocycles. The SMILES string of the molecule is O=NCc1ccc2[nH]c(=O)oc2c1. The van der Waals surface area contributed by atoms with Crippen molar-refractivity contribution >= 4 is 11.1 Å². The summed E-state index contributed by atoms with van der Waals surface area (Å²) in [5, 5.41) is 2.74. The van der Waals surface area contributed by atoms with Gasteiger partial charge in [-0.05, 0) is 17.7 Å². The number of aromatic amines is 1. The Kier molecular flexibility index (Phi) is 1.70. The first kappa shape index (κ1) is 7.72. The number of nitrogens with one attached hydrogen (secondary N) is 1. The fourth-order valence-corrected chi connectivity index (χ4v) is 1.16. The summed E-state index contributed by atoms with van der Waals surface area (Å²) in [6.45, 7) is 0.0881. The summed E-state index contributed by atoms with van der Waals surface area (Å²) in [5.41, 5.74) is 1.80. The highest BCUT2D eigenvalue weighted by Gasteiger charge is 2.01. The first-order valence-corrected chi connectivity index (χ1v) is 3.70. The van der Waals surface area contributed by atoms with Gasteiger partial charge in [0, 0.05) is 0 Å². The third-order valence-corrected chi connectivity index (χ3v) is 1.73. The number of hydrogen-bond donors (Lipinski definition) is 1. The smallest absolute Gasteiger partial charge is 0.408 e. The summed E-state index contributed by atoms with van der Waals surface area (Å²) >= 11 is 0. The maximum atomic E-state index is 10.8. The molecule has 66 valence electrons. The zero-order valence-corrected chi connectivity index (χ0v) is 6.61. The summed E-state index contributed by atoms with van der Waals surface area (Å²) in [5.74, 6) is -0.494. The van der Waals surface area contributed by atoms with E-state index in [0.29, 0.717) is 11.1 Å². The van der Waals surface area contributed by atoms with Crippen LogP contribution in [0.1, 0.15) is 5.56 Å². The van der Waals surface area contributed by atoms with Gasteiger partial charge in [-0.2, -0.15) is 4.91 Å². The predicted octanol–water partition coefficient (Wildman–Crippen LogP) is 1.39. The highest BCUT2D eigenvalue weighted by atomic mass is 16.4. The Labute approximate surface area is 72.3 Å². The van der Waals surface area contributed by atoms with Crippen LogP contribution in [0, 0.1) is 4.91 Å². The molecule has 0 saturated carbocycles. The largest absolute Gasteiger partial charge is 0.417 e. The number of oxazole rings is 1. The van der Waals surface area contributed by atoms with Crippen LogP contribution in [0.4, 0.5) is 0 Å². The number of hydrogen-bond acceptors (Lipinski definition) is 4. The first-order valence-electron chi connectivity index (χ1n) is 3.70. The van der Waals surface area contributed by atoms with Crippen molar-refractivity contribution in [1.29, 1.82) is 0 Å². The first-order chi connectivity index (χ1) is 6.29. The Balaban J connectivity index is 2.60. The molecule has 1 N–H and O–H groups in total. The Hall–Kier alpha value is -1.91. The zero-order valence-electron chi connectivity index (χ0n) is 6.61. The molecule has 0 aliphatic carbocycles. The number of H-pyrrole nitrogens is 1. The number of aromatic nitrogens is 1.